The summed E-state index contributed by atoms with van der Waals surface area (Å²) in [5, 5.41) is 0. The van der Waals surface area contributed by atoms with E-state index in [0.717, 1.165) is 75.5 Å². The molecule has 0 heterocycles. The van der Waals surface area contributed by atoms with Crippen LogP contribution in [0.15, 0.2) is 0 Å². The third-order valence-corrected chi connectivity index (χ3v) is 12.1. The first kappa shape index (κ1) is 55.4. The van der Waals surface area contributed by atoms with Crippen molar-refractivity contribution in [1.82, 2.24) is 0 Å². The fraction of sp³-hybridized carbons (Fsp3) is 0.941. The van der Waals surface area contributed by atoms with Crippen molar-refractivity contribution >= 4 is 17.9 Å². The van der Waals surface area contributed by atoms with Crippen LogP contribution in [-0.4, -0.2) is 37.2 Å². The summed E-state index contributed by atoms with van der Waals surface area (Å²) >= 11 is 0. The molecular formula is C51H98O6. The van der Waals surface area contributed by atoms with Crippen molar-refractivity contribution in [3.8, 4) is 0 Å². The van der Waals surface area contributed by atoms with Crippen molar-refractivity contribution in [2.24, 2.45) is 17.8 Å². The van der Waals surface area contributed by atoms with Crippen LogP contribution < -0.4 is 0 Å². The van der Waals surface area contributed by atoms with Crippen molar-refractivity contribution in [2.45, 2.75) is 279 Å². The first-order chi connectivity index (χ1) is 27.7. The topological polar surface area (TPSA) is 78.9 Å². The van der Waals surface area contributed by atoms with Gasteiger partial charge >= 0.3 is 17.9 Å². The van der Waals surface area contributed by atoms with Crippen LogP contribution in [0.4, 0.5) is 0 Å². The average Bonchev–Trinajstić information content (AvgIpc) is 3.19. The molecule has 0 aromatic carbocycles. The van der Waals surface area contributed by atoms with E-state index in [2.05, 4.69) is 41.5 Å². The minimum Gasteiger partial charge on any atom is -0.462 e. The minimum atomic E-state index is -0.763. The summed E-state index contributed by atoms with van der Waals surface area (Å²) in [4.78, 5) is 37.8. The smallest absolute Gasteiger partial charge is 0.306 e. The summed E-state index contributed by atoms with van der Waals surface area (Å²) in [6.45, 7) is 13.7. The van der Waals surface area contributed by atoms with Gasteiger partial charge in [0.25, 0.3) is 0 Å². The number of rotatable bonds is 44. The van der Waals surface area contributed by atoms with Gasteiger partial charge in [-0.3, -0.25) is 14.4 Å². The zero-order valence-electron chi connectivity index (χ0n) is 39.1. The van der Waals surface area contributed by atoms with Crippen molar-refractivity contribution in [2.75, 3.05) is 13.2 Å². The Morgan fingerprint density at radius 3 is 0.912 bits per heavy atom. The summed E-state index contributed by atoms with van der Waals surface area (Å²) in [6, 6.07) is 0. The molecule has 0 aromatic heterocycles. The summed E-state index contributed by atoms with van der Waals surface area (Å²) in [5.74, 6) is 1.64. The van der Waals surface area contributed by atoms with Gasteiger partial charge in [-0.15, -0.1) is 0 Å². The third kappa shape index (κ3) is 42.3. The highest BCUT2D eigenvalue weighted by Crippen LogP contribution is 2.18. The first-order valence-electron chi connectivity index (χ1n) is 25.2. The fourth-order valence-electron chi connectivity index (χ4n) is 7.52. The van der Waals surface area contributed by atoms with Gasteiger partial charge < -0.3 is 14.2 Å². The van der Waals surface area contributed by atoms with E-state index >= 15 is 0 Å². The van der Waals surface area contributed by atoms with Gasteiger partial charge in [0, 0.05) is 19.3 Å². The van der Waals surface area contributed by atoms with Gasteiger partial charge in [-0.25, -0.2) is 0 Å². The predicted molar refractivity (Wildman–Crippen MR) is 243 cm³/mol. The second-order valence-corrected chi connectivity index (χ2v) is 18.4. The Labute approximate surface area is 355 Å². The van der Waals surface area contributed by atoms with E-state index in [9.17, 15) is 14.4 Å². The summed E-state index contributed by atoms with van der Waals surface area (Å²) in [5.41, 5.74) is 0. The normalized spacial score (nSPS) is 13.1. The molecule has 0 saturated carbocycles. The van der Waals surface area contributed by atoms with E-state index in [1.807, 2.05) is 0 Å². The predicted octanol–water partition coefficient (Wildman–Crippen LogP) is 16.0. The number of ether oxygens (including phenoxy) is 3. The molecule has 338 valence electrons. The minimum absolute atomic E-state index is 0.0659. The second kappa shape index (κ2) is 42.5. The van der Waals surface area contributed by atoms with E-state index in [-0.39, 0.29) is 31.1 Å². The SMILES string of the molecule is CCC(C)CCCCCCCCCCC(=O)OC[C@@H](COC(=O)CCCCCCCCCCCCCCCCC(C)C)OC(=O)CCCCCCCCC(C)CC. The molecule has 0 saturated heterocycles. The Morgan fingerprint density at radius 1 is 0.351 bits per heavy atom. The van der Waals surface area contributed by atoms with Gasteiger partial charge in [0.1, 0.15) is 13.2 Å². The maximum Gasteiger partial charge on any atom is 0.306 e. The van der Waals surface area contributed by atoms with Crippen LogP contribution in [0.2, 0.25) is 0 Å². The Balaban J connectivity index is 4.28. The molecule has 0 aliphatic rings. The van der Waals surface area contributed by atoms with Gasteiger partial charge in [-0.2, -0.15) is 0 Å². The molecule has 3 atom stereocenters. The summed E-state index contributed by atoms with van der Waals surface area (Å²) in [6.07, 6.45) is 40.9. The Morgan fingerprint density at radius 2 is 0.614 bits per heavy atom. The van der Waals surface area contributed by atoms with Crippen molar-refractivity contribution in [1.29, 1.82) is 0 Å². The Hall–Kier alpha value is -1.59. The molecular weight excluding hydrogens is 709 g/mol. The highest BCUT2D eigenvalue weighted by molar-refractivity contribution is 5.71. The molecule has 0 bridgehead atoms. The van der Waals surface area contributed by atoms with E-state index in [4.69, 9.17) is 14.2 Å². The molecule has 6 nitrogen and oxygen atoms in total. The van der Waals surface area contributed by atoms with Crippen LogP contribution in [0.5, 0.6) is 0 Å². The molecule has 0 N–H and O–H groups in total. The van der Waals surface area contributed by atoms with Crippen LogP contribution in [0, 0.1) is 17.8 Å². The highest BCUT2D eigenvalue weighted by atomic mass is 16.6. The average molecular weight is 807 g/mol. The number of hydrogen-bond acceptors (Lipinski definition) is 6. The van der Waals surface area contributed by atoms with Gasteiger partial charge in [0.15, 0.2) is 6.10 Å². The summed E-state index contributed by atoms with van der Waals surface area (Å²) in [7, 11) is 0. The third-order valence-electron chi connectivity index (χ3n) is 12.1. The lowest BCUT2D eigenvalue weighted by Crippen LogP contribution is -2.30. The Kier molecular flexibility index (Phi) is 41.3. The van der Waals surface area contributed by atoms with Crippen molar-refractivity contribution < 1.29 is 28.6 Å². The maximum atomic E-state index is 12.7. The Bertz CT molecular complexity index is 887. The maximum absolute atomic E-state index is 12.7. The van der Waals surface area contributed by atoms with Crippen LogP contribution in [-0.2, 0) is 28.6 Å². The molecule has 0 spiro atoms. The number of hydrogen-bond donors (Lipinski definition) is 0. The number of esters is 3. The lowest BCUT2D eigenvalue weighted by Gasteiger charge is -2.18. The van der Waals surface area contributed by atoms with Crippen molar-refractivity contribution in [3.63, 3.8) is 0 Å². The monoisotopic (exact) mass is 807 g/mol. The number of carbonyl (C=O) groups excluding carboxylic acids is 3. The van der Waals surface area contributed by atoms with Crippen LogP contribution in [0.3, 0.4) is 0 Å². The standard InChI is InChI=1S/C51H98O6/c1-7-46(5)38-32-26-20-17-18-22-29-35-41-50(53)56-44-48(57-51(54)42-36-30-24-23-27-33-39-47(6)8-2)43-55-49(52)40-34-28-21-16-14-12-10-9-11-13-15-19-25-31-37-45(3)4/h45-48H,7-44H2,1-6H3/t46?,47?,48-/m1/s1. The van der Waals surface area contributed by atoms with E-state index in [1.165, 1.54) is 154 Å². The zero-order valence-corrected chi connectivity index (χ0v) is 39.1. The van der Waals surface area contributed by atoms with Gasteiger partial charge in [-0.1, -0.05) is 234 Å². The highest BCUT2D eigenvalue weighted by Gasteiger charge is 2.19. The number of carbonyl (C=O) groups is 3. The molecule has 0 aromatic rings. The van der Waals surface area contributed by atoms with Crippen LogP contribution >= 0.6 is 0 Å². The quantitative estimate of drug-likeness (QED) is 0.0347. The first-order valence-corrected chi connectivity index (χ1v) is 25.2. The fourth-order valence-corrected chi connectivity index (χ4v) is 7.52. The van der Waals surface area contributed by atoms with Gasteiger partial charge in [-0.05, 0) is 37.0 Å². The van der Waals surface area contributed by atoms with Gasteiger partial charge in [0.2, 0.25) is 0 Å². The van der Waals surface area contributed by atoms with Crippen LogP contribution in [0.25, 0.3) is 0 Å². The molecule has 0 aliphatic carbocycles. The summed E-state index contributed by atoms with van der Waals surface area (Å²) < 4.78 is 16.8. The molecule has 2 unspecified atom stereocenters. The molecule has 0 radical (unpaired) electrons. The zero-order chi connectivity index (χ0) is 42.0. The lowest BCUT2D eigenvalue weighted by molar-refractivity contribution is -0.167. The molecule has 0 aliphatic heterocycles. The van der Waals surface area contributed by atoms with E-state index < -0.39 is 6.10 Å². The van der Waals surface area contributed by atoms with Crippen molar-refractivity contribution in [3.05, 3.63) is 0 Å². The molecule has 0 amide bonds. The largest absolute Gasteiger partial charge is 0.462 e. The molecule has 0 rings (SSSR count). The molecule has 6 heteroatoms. The lowest BCUT2D eigenvalue weighted by atomic mass is 9.99. The molecule has 57 heavy (non-hydrogen) atoms. The van der Waals surface area contributed by atoms with Crippen LogP contribution in [0.1, 0.15) is 273 Å². The van der Waals surface area contributed by atoms with E-state index in [0.29, 0.717) is 19.3 Å². The van der Waals surface area contributed by atoms with E-state index in [1.54, 1.807) is 0 Å². The second-order valence-electron chi connectivity index (χ2n) is 18.4. The molecule has 0 fully saturated rings. The number of unbranched alkanes of at least 4 members (excludes halogenated alkanes) is 25. The van der Waals surface area contributed by atoms with Gasteiger partial charge in [0.05, 0.1) is 0 Å².